The van der Waals surface area contributed by atoms with Crippen molar-refractivity contribution in [3.8, 4) is 0 Å². The molecule has 1 rings (SSSR count). The summed E-state index contributed by atoms with van der Waals surface area (Å²) in [4.78, 5) is 0.270. The summed E-state index contributed by atoms with van der Waals surface area (Å²) in [6.45, 7) is 5.42. The van der Waals surface area contributed by atoms with Crippen LogP contribution in [0.25, 0.3) is 0 Å². The quantitative estimate of drug-likeness (QED) is 0.910. The summed E-state index contributed by atoms with van der Waals surface area (Å²) in [6, 6.07) is 6.63. The van der Waals surface area contributed by atoms with Gasteiger partial charge in [-0.05, 0) is 39.0 Å². The molecule has 0 heterocycles. The van der Waals surface area contributed by atoms with E-state index in [1.807, 2.05) is 20.8 Å². The minimum Gasteiger partial charge on any atom is -0.207 e. The minimum absolute atomic E-state index is 0.270. The molecule has 0 fully saturated rings. The molecule has 0 saturated heterocycles. The van der Waals surface area contributed by atoms with E-state index in [9.17, 15) is 8.42 Å². The van der Waals surface area contributed by atoms with Gasteiger partial charge in [0.25, 0.3) is 0 Å². The predicted octanol–water partition coefficient (Wildman–Crippen LogP) is 2.53. The van der Waals surface area contributed by atoms with Crippen LogP contribution in [0.2, 0.25) is 0 Å². The standard InChI is InChI=1S/C10H14BrNO2S/c1-10(2,3)12-15(13,14)9-6-4-5-8(11)7-9/h4-7,12H,1-3H3. The highest BCUT2D eigenvalue weighted by Gasteiger charge is 2.21. The van der Waals surface area contributed by atoms with Crippen LogP contribution in [0.1, 0.15) is 20.8 Å². The summed E-state index contributed by atoms with van der Waals surface area (Å²) < 4.78 is 27.1. The summed E-state index contributed by atoms with van der Waals surface area (Å²) in [5.41, 5.74) is -0.471. The van der Waals surface area contributed by atoms with Crippen molar-refractivity contribution < 1.29 is 8.42 Å². The molecular weight excluding hydrogens is 278 g/mol. The zero-order chi connectivity index (χ0) is 11.7. The topological polar surface area (TPSA) is 46.2 Å². The number of halogens is 1. The molecule has 1 aromatic rings. The average Bonchev–Trinajstić information content (AvgIpc) is 1.99. The molecule has 5 heteroatoms. The smallest absolute Gasteiger partial charge is 0.207 e. The van der Waals surface area contributed by atoms with Crippen molar-refractivity contribution in [2.75, 3.05) is 0 Å². The Labute approximate surface area is 99.1 Å². The molecule has 1 aromatic carbocycles. The van der Waals surface area contributed by atoms with Crippen molar-refractivity contribution in [3.63, 3.8) is 0 Å². The molecule has 0 bridgehead atoms. The molecule has 0 aliphatic carbocycles. The molecule has 0 aromatic heterocycles. The van der Waals surface area contributed by atoms with Crippen LogP contribution in [0.15, 0.2) is 33.6 Å². The molecule has 0 unspecified atom stereocenters. The lowest BCUT2D eigenvalue weighted by atomic mass is 10.1. The normalized spacial score (nSPS) is 12.8. The van der Waals surface area contributed by atoms with Gasteiger partial charge in [0.15, 0.2) is 0 Å². The van der Waals surface area contributed by atoms with Gasteiger partial charge in [0.05, 0.1) is 4.90 Å². The number of hydrogen-bond acceptors (Lipinski definition) is 2. The lowest BCUT2D eigenvalue weighted by molar-refractivity contribution is 0.491. The molecule has 1 N–H and O–H groups in total. The van der Waals surface area contributed by atoms with Crippen LogP contribution in [-0.4, -0.2) is 14.0 Å². The Bertz CT molecular complexity index is 449. The molecule has 0 aliphatic heterocycles. The van der Waals surface area contributed by atoms with E-state index >= 15 is 0 Å². The fourth-order valence-corrected chi connectivity index (χ4v) is 3.11. The third-order valence-electron chi connectivity index (χ3n) is 1.55. The van der Waals surface area contributed by atoms with E-state index < -0.39 is 15.6 Å². The first-order valence-electron chi connectivity index (χ1n) is 4.50. The first kappa shape index (κ1) is 12.7. The summed E-state index contributed by atoms with van der Waals surface area (Å²) in [5.74, 6) is 0. The second-order valence-corrected chi connectivity index (χ2v) is 6.91. The molecule has 0 atom stereocenters. The molecule has 0 saturated carbocycles. The average molecular weight is 292 g/mol. The molecular formula is C10H14BrNO2S. The Morgan fingerprint density at radius 2 is 1.87 bits per heavy atom. The van der Waals surface area contributed by atoms with Gasteiger partial charge in [-0.1, -0.05) is 22.0 Å². The van der Waals surface area contributed by atoms with Crippen molar-refractivity contribution >= 4 is 26.0 Å². The van der Waals surface area contributed by atoms with Crippen LogP contribution in [0, 0.1) is 0 Å². The van der Waals surface area contributed by atoms with Crippen molar-refractivity contribution in [3.05, 3.63) is 28.7 Å². The lowest BCUT2D eigenvalue weighted by Gasteiger charge is -2.20. The van der Waals surface area contributed by atoms with E-state index in [-0.39, 0.29) is 4.90 Å². The highest BCUT2D eigenvalue weighted by Crippen LogP contribution is 2.17. The van der Waals surface area contributed by atoms with Gasteiger partial charge in [-0.15, -0.1) is 0 Å². The monoisotopic (exact) mass is 291 g/mol. The van der Waals surface area contributed by atoms with Crippen LogP contribution in [0.5, 0.6) is 0 Å². The van der Waals surface area contributed by atoms with Gasteiger partial charge in [0, 0.05) is 10.0 Å². The summed E-state index contributed by atoms with van der Waals surface area (Å²) in [6.07, 6.45) is 0. The van der Waals surface area contributed by atoms with Crippen molar-refractivity contribution in [1.29, 1.82) is 0 Å². The van der Waals surface area contributed by atoms with Gasteiger partial charge in [-0.2, -0.15) is 0 Å². The maximum atomic E-state index is 11.9. The Morgan fingerprint density at radius 1 is 1.27 bits per heavy atom. The molecule has 0 aliphatic rings. The second-order valence-electron chi connectivity index (χ2n) is 4.31. The third kappa shape index (κ3) is 3.93. The van der Waals surface area contributed by atoms with Gasteiger partial charge in [0.1, 0.15) is 0 Å². The Balaban J connectivity index is 3.07. The van der Waals surface area contributed by atoms with Gasteiger partial charge >= 0.3 is 0 Å². The molecule has 0 spiro atoms. The fraction of sp³-hybridized carbons (Fsp3) is 0.400. The van der Waals surface area contributed by atoms with Crippen LogP contribution in [-0.2, 0) is 10.0 Å². The highest BCUT2D eigenvalue weighted by molar-refractivity contribution is 9.10. The molecule has 0 radical (unpaired) electrons. The number of rotatable bonds is 2. The first-order valence-corrected chi connectivity index (χ1v) is 6.78. The maximum absolute atomic E-state index is 11.9. The maximum Gasteiger partial charge on any atom is 0.241 e. The Hall–Kier alpha value is -0.390. The molecule has 15 heavy (non-hydrogen) atoms. The third-order valence-corrected chi connectivity index (χ3v) is 3.80. The summed E-state index contributed by atoms with van der Waals surface area (Å²) >= 11 is 3.24. The van der Waals surface area contributed by atoms with E-state index in [4.69, 9.17) is 0 Å². The Kier molecular flexibility index (Phi) is 3.58. The molecule has 84 valence electrons. The van der Waals surface area contributed by atoms with E-state index in [2.05, 4.69) is 20.7 Å². The van der Waals surface area contributed by atoms with Gasteiger partial charge in [0.2, 0.25) is 10.0 Å². The van der Waals surface area contributed by atoms with Gasteiger partial charge < -0.3 is 0 Å². The number of hydrogen-bond donors (Lipinski definition) is 1. The number of nitrogens with one attached hydrogen (secondary N) is 1. The van der Waals surface area contributed by atoms with Crippen LogP contribution >= 0.6 is 15.9 Å². The molecule has 0 amide bonds. The zero-order valence-electron chi connectivity index (χ0n) is 8.91. The van der Waals surface area contributed by atoms with E-state index in [1.54, 1.807) is 24.3 Å². The fourth-order valence-electron chi connectivity index (χ4n) is 1.10. The number of benzene rings is 1. The summed E-state index contributed by atoms with van der Waals surface area (Å²) in [7, 11) is -3.42. The van der Waals surface area contributed by atoms with E-state index in [1.165, 1.54) is 0 Å². The van der Waals surface area contributed by atoms with Crippen LogP contribution in [0.4, 0.5) is 0 Å². The largest absolute Gasteiger partial charge is 0.241 e. The summed E-state index contributed by atoms with van der Waals surface area (Å²) in [5, 5.41) is 0. The van der Waals surface area contributed by atoms with Crippen LogP contribution in [0.3, 0.4) is 0 Å². The van der Waals surface area contributed by atoms with Crippen molar-refractivity contribution in [2.24, 2.45) is 0 Å². The highest BCUT2D eigenvalue weighted by atomic mass is 79.9. The van der Waals surface area contributed by atoms with E-state index in [0.29, 0.717) is 0 Å². The van der Waals surface area contributed by atoms with Crippen molar-refractivity contribution in [2.45, 2.75) is 31.2 Å². The Morgan fingerprint density at radius 3 is 2.33 bits per heavy atom. The number of sulfonamides is 1. The van der Waals surface area contributed by atoms with Gasteiger partial charge in [-0.3, -0.25) is 0 Å². The van der Waals surface area contributed by atoms with Crippen molar-refractivity contribution in [1.82, 2.24) is 4.72 Å². The minimum atomic E-state index is -3.42. The van der Waals surface area contributed by atoms with Crippen LogP contribution < -0.4 is 4.72 Å². The molecule has 3 nitrogen and oxygen atoms in total. The zero-order valence-corrected chi connectivity index (χ0v) is 11.3. The predicted molar refractivity (Wildman–Crippen MR) is 64.2 cm³/mol. The lowest BCUT2D eigenvalue weighted by Crippen LogP contribution is -2.40. The van der Waals surface area contributed by atoms with Gasteiger partial charge in [-0.25, -0.2) is 13.1 Å². The first-order chi connectivity index (χ1) is 6.71. The SMILES string of the molecule is CC(C)(C)NS(=O)(=O)c1cccc(Br)c1. The second kappa shape index (κ2) is 4.23. The van der Waals surface area contributed by atoms with E-state index in [0.717, 1.165) is 4.47 Å².